The predicted molar refractivity (Wildman–Crippen MR) is 71.1 cm³/mol. The third-order valence-electron chi connectivity index (χ3n) is 2.74. The number of nitrogens with two attached hydrogens (primary N) is 2. The second-order valence-electron chi connectivity index (χ2n) is 4.57. The Morgan fingerprint density at radius 3 is 2.33 bits per heavy atom. The van der Waals surface area contributed by atoms with E-state index < -0.39 is 12.3 Å². The minimum atomic E-state index is -0.618. The summed E-state index contributed by atoms with van der Waals surface area (Å²) in [5, 5.41) is 0. The third-order valence-corrected chi connectivity index (χ3v) is 2.74. The van der Waals surface area contributed by atoms with E-state index in [2.05, 4.69) is 9.98 Å². The van der Waals surface area contributed by atoms with Crippen LogP contribution >= 0.6 is 0 Å². The van der Waals surface area contributed by atoms with Crippen LogP contribution in [0.2, 0.25) is 0 Å². The number of rotatable bonds is 2. The zero-order chi connectivity index (χ0) is 13.3. The van der Waals surface area contributed by atoms with Gasteiger partial charge in [-0.15, -0.1) is 0 Å². The Morgan fingerprint density at radius 2 is 1.83 bits per heavy atom. The maximum atomic E-state index is 12.5. The van der Waals surface area contributed by atoms with Gasteiger partial charge in [-0.2, -0.15) is 4.99 Å². The molecule has 0 saturated heterocycles. The average Bonchev–Trinajstić information content (AvgIpc) is 2.27. The number of guanidine groups is 2. The molecule has 1 aromatic rings. The van der Waals surface area contributed by atoms with Crippen LogP contribution in [0, 0.1) is 0 Å². The first-order valence-electron chi connectivity index (χ1n) is 5.58. The molecule has 1 aliphatic heterocycles. The molecule has 4 N–H and O–H groups in total. The summed E-state index contributed by atoms with van der Waals surface area (Å²) in [5.74, 6) is 0.439. The minimum Gasteiger partial charge on any atom is -0.369 e. The number of anilines is 1. The van der Waals surface area contributed by atoms with Gasteiger partial charge >= 0.3 is 0 Å². The monoisotopic (exact) mass is 249 g/mol. The van der Waals surface area contributed by atoms with Crippen molar-refractivity contribution in [3.8, 4) is 0 Å². The zero-order valence-electron chi connectivity index (χ0n) is 10.4. The molecule has 0 aliphatic carbocycles. The van der Waals surface area contributed by atoms with Gasteiger partial charge < -0.3 is 11.5 Å². The van der Waals surface area contributed by atoms with Gasteiger partial charge in [-0.1, -0.05) is 12.1 Å². The molecule has 0 amide bonds. The van der Waals surface area contributed by atoms with Gasteiger partial charge in [0.1, 0.15) is 12.3 Å². The molecule has 0 aromatic heterocycles. The molecule has 1 aromatic carbocycles. The van der Waals surface area contributed by atoms with Crippen molar-refractivity contribution in [2.45, 2.75) is 26.2 Å². The van der Waals surface area contributed by atoms with Gasteiger partial charge in [-0.25, -0.2) is 9.38 Å². The number of nitrogens with zero attached hydrogens (tertiary/aromatic N) is 3. The lowest BCUT2D eigenvalue weighted by molar-refractivity contribution is 0.485. The summed E-state index contributed by atoms with van der Waals surface area (Å²) in [6.07, 6.45) is 0. The lowest BCUT2D eigenvalue weighted by Crippen LogP contribution is -2.54. The first-order chi connectivity index (χ1) is 8.44. The molecule has 2 rings (SSSR count). The molecule has 0 saturated carbocycles. The number of alkyl halides is 1. The van der Waals surface area contributed by atoms with Gasteiger partial charge in [-0.05, 0) is 31.5 Å². The molecule has 96 valence electrons. The summed E-state index contributed by atoms with van der Waals surface area (Å²) >= 11 is 0. The second kappa shape index (κ2) is 4.29. The summed E-state index contributed by atoms with van der Waals surface area (Å²) in [6.45, 7) is 3.27. The number of hydrogen-bond acceptors (Lipinski definition) is 5. The van der Waals surface area contributed by atoms with Gasteiger partial charge in [0.15, 0.2) is 0 Å². The average molecular weight is 249 g/mol. The van der Waals surface area contributed by atoms with Crippen LogP contribution in [-0.2, 0) is 6.67 Å². The maximum absolute atomic E-state index is 12.5. The van der Waals surface area contributed by atoms with E-state index in [-0.39, 0.29) is 11.9 Å². The highest BCUT2D eigenvalue weighted by molar-refractivity contribution is 6.05. The molecular formula is C12H16FN5. The van der Waals surface area contributed by atoms with Crippen molar-refractivity contribution in [1.29, 1.82) is 0 Å². The standard InChI is InChI=1S/C12H16FN5/c1-12(2)17-10(14)16-11(15)18(12)9-5-3-8(7-13)4-6-9/h3-6H,7H2,1-2H3,(H4,14,15,16,17). The van der Waals surface area contributed by atoms with Crippen LogP contribution in [0.1, 0.15) is 19.4 Å². The van der Waals surface area contributed by atoms with Crippen LogP contribution in [0.3, 0.4) is 0 Å². The lowest BCUT2D eigenvalue weighted by atomic mass is 10.1. The van der Waals surface area contributed by atoms with Crippen LogP contribution < -0.4 is 16.4 Å². The predicted octanol–water partition coefficient (Wildman–Crippen LogP) is 1.34. The van der Waals surface area contributed by atoms with Crippen molar-refractivity contribution < 1.29 is 4.39 Å². The smallest absolute Gasteiger partial charge is 0.220 e. The van der Waals surface area contributed by atoms with Gasteiger partial charge in [0.05, 0.1) is 0 Å². The van der Waals surface area contributed by atoms with Crippen molar-refractivity contribution in [3.05, 3.63) is 29.8 Å². The minimum absolute atomic E-state index is 0.161. The SMILES string of the molecule is CC1(C)N=C(N)N=C(N)N1c1ccc(CF)cc1. The highest BCUT2D eigenvalue weighted by Gasteiger charge is 2.32. The Hall–Kier alpha value is -2.11. The molecular weight excluding hydrogens is 233 g/mol. The fourth-order valence-corrected chi connectivity index (χ4v) is 1.99. The van der Waals surface area contributed by atoms with E-state index in [1.165, 1.54) is 0 Å². The van der Waals surface area contributed by atoms with Crippen LogP contribution in [0.5, 0.6) is 0 Å². The highest BCUT2D eigenvalue weighted by Crippen LogP contribution is 2.27. The third kappa shape index (κ3) is 2.13. The fourth-order valence-electron chi connectivity index (χ4n) is 1.99. The topological polar surface area (TPSA) is 80.0 Å². The number of benzene rings is 1. The van der Waals surface area contributed by atoms with E-state index in [9.17, 15) is 4.39 Å². The molecule has 18 heavy (non-hydrogen) atoms. The number of hydrogen-bond donors (Lipinski definition) is 2. The Labute approximate surface area is 105 Å². The molecule has 0 spiro atoms. The largest absolute Gasteiger partial charge is 0.369 e. The summed E-state index contributed by atoms with van der Waals surface area (Å²) in [4.78, 5) is 9.95. The Balaban J connectivity index is 2.40. The van der Waals surface area contributed by atoms with Crippen molar-refractivity contribution in [2.24, 2.45) is 21.5 Å². The number of aliphatic imine (C=N–C) groups is 2. The fraction of sp³-hybridized carbons (Fsp3) is 0.333. The molecule has 1 heterocycles. The normalized spacial score (nSPS) is 18.3. The first-order valence-corrected chi connectivity index (χ1v) is 5.58. The molecule has 0 atom stereocenters. The summed E-state index contributed by atoms with van der Waals surface area (Å²) < 4.78 is 12.5. The molecule has 0 fully saturated rings. The summed E-state index contributed by atoms with van der Waals surface area (Å²) in [7, 11) is 0. The Morgan fingerprint density at radius 1 is 1.22 bits per heavy atom. The van der Waals surface area contributed by atoms with Gasteiger partial charge in [0, 0.05) is 5.69 Å². The van der Waals surface area contributed by atoms with E-state index in [0.717, 1.165) is 5.69 Å². The highest BCUT2D eigenvalue weighted by atomic mass is 19.1. The van der Waals surface area contributed by atoms with E-state index in [1.807, 2.05) is 13.8 Å². The summed E-state index contributed by atoms with van der Waals surface area (Å²) in [5.41, 5.74) is 12.3. The van der Waals surface area contributed by atoms with E-state index >= 15 is 0 Å². The van der Waals surface area contributed by atoms with Gasteiger partial charge in [-0.3, -0.25) is 4.90 Å². The lowest BCUT2D eigenvalue weighted by Gasteiger charge is -2.38. The van der Waals surface area contributed by atoms with E-state index in [0.29, 0.717) is 5.56 Å². The maximum Gasteiger partial charge on any atom is 0.220 e. The number of halogens is 1. The molecule has 0 bridgehead atoms. The molecule has 5 nitrogen and oxygen atoms in total. The van der Waals surface area contributed by atoms with Crippen LogP contribution in [0.4, 0.5) is 10.1 Å². The van der Waals surface area contributed by atoms with Crippen LogP contribution in [0.15, 0.2) is 34.3 Å². The Kier molecular flexibility index (Phi) is 2.94. The van der Waals surface area contributed by atoms with Gasteiger partial charge in [0.2, 0.25) is 11.9 Å². The first kappa shape index (κ1) is 12.3. The van der Waals surface area contributed by atoms with Crippen molar-refractivity contribution in [2.75, 3.05) is 4.90 Å². The van der Waals surface area contributed by atoms with E-state index in [1.54, 1.807) is 29.2 Å². The van der Waals surface area contributed by atoms with Crippen LogP contribution in [0.25, 0.3) is 0 Å². The van der Waals surface area contributed by atoms with Crippen molar-refractivity contribution in [1.82, 2.24) is 0 Å². The van der Waals surface area contributed by atoms with Crippen molar-refractivity contribution >= 4 is 17.6 Å². The molecule has 1 aliphatic rings. The Bertz CT molecular complexity index is 504. The zero-order valence-corrected chi connectivity index (χ0v) is 10.4. The molecule has 6 heteroatoms. The molecule has 0 radical (unpaired) electrons. The van der Waals surface area contributed by atoms with E-state index in [4.69, 9.17) is 11.5 Å². The second-order valence-corrected chi connectivity index (χ2v) is 4.57. The van der Waals surface area contributed by atoms with Crippen molar-refractivity contribution in [3.63, 3.8) is 0 Å². The quantitative estimate of drug-likeness (QED) is 0.830. The van der Waals surface area contributed by atoms with Crippen LogP contribution in [-0.4, -0.2) is 17.6 Å². The molecule has 0 unspecified atom stereocenters. The summed E-state index contributed by atoms with van der Waals surface area (Å²) in [6, 6.07) is 6.99. The van der Waals surface area contributed by atoms with Gasteiger partial charge in [0.25, 0.3) is 0 Å².